The van der Waals surface area contributed by atoms with Gasteiger partial charge in [-0.1, -0.05) is 115 Å². The van der Waals surface area contributed by atoms with Crippen molar-refractivity contribution in [2.75, 3.05) is 0 Å². The van der Waals surface area contributed by atoms with Crippen molar-refractivity contribution in [3.05, 3.63) is 140 Å². The molecule has 3 heterocycles. The van der Waals surface area contributed by atoms with Crippen LogP contribution < -0.4 is 0 Å². The Labute approximate surface area is 252 Å². The Hall–Kier alpha value is -6.07. The molecule has 0 amide bonds. The van der Waals surface area contributed by atoms with Crippen LogP contribution in [0.3, 0.4) is 0 Å². The molecule has 0 unspecified atom stereocenters. The van der Waals surface area contributed by atoms with Crippen molar-refractivity contribution in [1.82, 2.24) is 15.0 Å². The van der Waals surface area contributed by atoms with Gasteiger partial charge in [-0.2, -0.15) is 0 Å². The summed E-state index contributed by atoms with van der Waals surface area (Å²) in [7, 11) is 0. The molecule has 0 aliphatic carbocycles. The van der Waals surface area contributed by atoms with Crippen molar-refractivity contribution in [3.63, 3.8) is 0 Å². The van der Waals surface area contributed by atoms with E-state index in [9.17, 15) is 0 Å². The third kappa shape index (κ3) is 3.91. The summed E-state index contributed by atoms with van der Waals surface area (Å²) < 4.78 is 12.8. The monoisotopic (exact) mass is 565 g/mol. The second-order valence-corrected chi connectivity index (χ2v) is 10.8. The van der Waals surface area contributed by atoms with Crippen molar-refractivity contribution >= 4 is 43.9 Å². The van der Waals surface area contributed by atoms with E-state index in [0.29, 0.717) is 17.5 Å². The molecule has 0 saturated heterocycles. The van der Waals surface area contributed by atoms with Gasteiger partial charge in [0.05, 0.1) is 0 Å². The van der Waals surface area contributed by atoms with Crippen LogP contribution in [0.15, 0.2) is 148 Å². The molecule has 0 atom stereocenters. The fourth-order valence-electron chi connectivity index (χ4n) is 6.08. The fraction of sp³-hybridized carbons (Fsp3) is 0. The van der Waals surface area contributed by atoms with Crippen LogP contribution in [0.5, 0.6) is 0 Å². The first-order valence-corrected chi connectivity index (χ1v) is 14.5. The summed E-state index contributed by atoms with van der Waals surface area (Å²) in [6, 6.07) is 46.9. The second kappa shape index (κ2) is 9.75. The van der Waals surface area contributed by atoms with Gasteiger partial charge in [-0.25, -0.2) is 15.0 Å². The predicted molar refractivity (Wildman–Crippen MR) is 176 cm³/mol. The number of para-hydroxylation sites is 2. The molecular formula is C39H23N3O2. The Bertz CT molecular complexity index is 2440. The normalized spacial score (nSPS) is 11.6. The van der Waals surface area contributed by atoms with Crippen LogP contribution in [0.1, 0.15) is 0 Å². The highest BCUT2D eigenvalue weighted by Gasteiger charge is 2.20. The van der Waals surface area contributed by atoms with Gasteiger partial charge in [-0.15, -0.1) is 0 Å². The molecule has 44 heavy (non-hydrogen) atoms. The van der Waals surface area contributed by atoms with E-state index in [2.05, 4.69) is 48.5 Å². The molecule has 5 heteroatoms. The molecule has 9 rings (SSSR count). The van der Waals surface area contributed by atoms with E-state index >= 15 is 0 Å². The molecule has 9 aromatic rings. The van der Waals surface area contributed by atoms with E-state index in [0.717, 1.165) is 71.7 Å². The molecule has 0 N–H and O–H groups in total. The lowest BCUT2D eigenvalue weighted by atomic mass is 9.99. The van der Waals surface area contributed by atoms with Crippen molar-refractivity contribution in [2.45, 2.75) is 0 Å². The van der Waals surface area contributed by atoms with Crippen LogP contribution in [0.2, 0.25) is 0 Å². The molecule has 3 aromatic heterocycles. The molecule has 0 spiro atoms. The predicted octanol–water partition coefficient (Wildman–Crippen LogP) is 10.3. The number of hydrogen-bond donors (Lipinski definition) is 0. The highest BCUT2D eigenvalue weighted by atomic mass is 16.3. The molecule has 0 aliphatic rings. The summed E-state index contributed by atoms with van der Waals surface area (Å²) in [5, 5.41) is 4.18. The summed E-state index contributed by atoms with van der Waals surface area (Å²) in [5.74, 6) is 1.85. The fourth-order valence-corrected chi connectivity index (χ4v) is 6.08. The number of benzene rings is 6. The average Bonchev–Trinajstić information content (AvgIpc) is 3.67. The quantitative estimate of drug-likeness (QED) is 0.212. The highest BCUT2D eigenvalue weighted by Crippen LogP contribution is 2.41. The number of rotatable bonds is 4. The van der Waals surface area contributed by atoms with Crippen LogP contribution >= 0.6 is 0 Å². The maximum Gasteiger partial charge on any atom is 0.164 e. The van der Waals surface area contributed by atoms with Gasteiger partial charge in [-0.3, -0.25) is 0 Å². The van der Waals surface area contributed by atoms with Crippen LogP contribution in [-0.2, 0) is 0 Å². The van der Waals surface area contributed by atoms with Crippen molar-refractivity contribution in [2.24, 2.45) is 0 Å². The lowest BCUT2D eigenvalue weighted by Crippen LogP contribution is -2.00. The summed E-state index contributed by atoms with van der Waals surface area (Å²) in [4.78, 5) is 14.9. The zero-order valence-corrected chi connectivity index (χ0v) is 23.4. The van der Waals surface area contributed by atoms with Gasteiger partial charge < -0.3 is 8.83 Å². The van der Waals surface area contributed by atoms with E-state index in [-0.39, 0.29) is 0 Å². The number of nitrogens with zero attached hydrogens (tertiary/aromatic N) is 3. The first kappa shape index (κ1) is 24.5. The van der Waals surface area contributed by atoms with Crippen LogP contribution in [0, 0.1) is 0 Å². The van der Waals surface area contributed by atoms with Crippen molar-refractivity contribution in [1.29, 1.82) is 0 Å². The molecule has 0 fully saturated rings. The summed E-state index contributed by atoms with van der Waals surface area (Å²) in [5.41, 5.74) is 8.10. The van der Waals surface area contributed by atoms with E-state index < -0.39 is 0 Å². The van der Waals surface area contributed by atoms with E-state index in [1.165, 1.54) is 0 Å². The SMILES string of the molecule is c1ccc(-c2nc(-c3ccccc3)nc(-c3cccc4oc5c(-c6ccc7c(c6)oc6ccccc67)cccc5c34)n2)cc1. The molecule has 0 radical (unpaired) electrons. The first-order valence-electron chi connectivity index (χ1n) is 14.5. The summed E-state index contributed by atoms with van der Waals surface area (Å²) in [6.45, 7) is 0. The van der Waals surface area contributed by atoms with Crippen LogP contribution in [-0.4, -0.2) is 15.0 Å². The minimum absolute atomic E-state index is 0.597. The summed E-state index contributed by atoms with van der Waals surface area (Å²) in [6.07, 6.45) is 0. The standard InChI is InChI=1S/C39H23N3O2/c1-3-11-24(12-4-1)37-40-38(25-13-5-2-6-14-25)42-39(41-37)31-18-10-20-33-35(31)30-17-9-16-27(36(30)44-33)26-21-22-29-28-15-7-8-19-32(28)43-34(29)23-26/h1-23H. The highest BCUT2D eigenvalue weighted by molar-refractivity contribution is 6.15. The lowest BCUT2D eigenvalue weighted by Gasteiger charge is -2.09. The number of aromatic nitrogens is 3. The minimum Gasteiger partial charge on any atom is -0.456 e. The van der Waals surface area contributed by atoms with Gasteiger partial charge >= 0.3 is 0 Å². The Morgan fingerprint density at radius 3 is 1.73 bits per heavy atom. The van der Waals surface area contributed by atoms with Crippen molar-refractivity contribution in [3.8, 4) is 45.3 Å². The Morgan fingerprint density at radius 1 is 0.364 bits per heavy atom. The molecule has 206 valence electrons. The van der Waals surface area contributed by atoms with Crippen molar-refractivity contribution < 1.29 is 8.83 Å². The topological polar surface area (TPSA) is 65.0 Å². The third-order valence-corrected chi connectivity index (χ3v) is 8.15. The molecule has 0 saturated carbocycles. The van der Waals surface area contributed by atoms with Gasteiger partial charge in [0.1, 0.15) is 22.3 Å². The van der Waals surface area contributed by atoms with Gasteiger partial charge in [0.2, 0.25) is 0 Å². The largest absolute Gasteiger partial charge is 0.456 e. The van der Waals surface area contributed by atoms with Gasteiger partial charge in [0.15, 0.2) is 17.5 Å². The second-order valence-electron chi connectivity index (χ2n) is 10.8. The van der Waals surface area contributed by atoms with E-state index in [1.54, 1.807) is 0 Å². The molecule has 0 bridgehead atoms. The Morgan fingerprint density at radius 2 is 0.955 bits per heavy atom. The number of hydrogen-bond acceptors (Lipinski definition) is 5. The molecule has 5 nitrogen and oxygen atoms in total. The minimum atomic E-state index is 0.597. The van der Waals surface area contributed by atoms with Gasteiger partial charge in [0.25, 0.3) is 0 Å². The molecule has 0 aliphatic heterocycles. The van der Waals surface area contributed by atoms with Gasteiger partial charge in [-0.05, 0) is 29.8 Å². The third-order valence-electron chi connectivity index (χ3n) is 8.15. The molecular weight excluding hydrogens is 542 g/mol. The lowest BCUT2D eigenvalue weighted by molar-refractivity contribution is 0.668. The zero-order chi connectivity index (χ0) is 29.0. The average molecular weight is 566 g/mol. The van der Waals surface area contributed by atoms with Gasteiger partial charge in [0, 0.05) is 43.8 Å². The summed E-state index contributed by atoms with van der Waals surface area (Å²) >= 11 is 0. The van der Waals surface area contributed by atoms with Crippen LogP contribution in [0.4, 0.5) is 0 Å². The maximum absolute atomic E-state index is 6.60. The van der Waals surface area contributed by atoms with E-state index in [1.807, 2.05) is 91.0 Å². The van der Waals surface area contributed by atoms with E-state index in [4.69, 9.17) is 23.8 Å². The zero-order valence-electron chi connectivity index (χ0n) is 23.4. The molecule has 6 aromatic carbocycles. The maximum atomic E-state index is 6.60. The Kier molecular flexibility index (Phi) is 5.43. The number of fused-ring (bicyclic) bond motifs is 6. The first-order chi connectivity index (χ1) is 21.8. The van der Waals surface area contributed by atoms with Crippen LogP contribution in [0.25, 0.3) is 89.2 Å². The smallest absolute Gasteiger partial charge is 0.164 e. The Balaban J connectivity index is 1.26. The number of furan rings is 2.